The van der Waals surface area contributed by atoms with E-state index in [1.807, 2.05) is 11.6 Å². The molecule has 0 fully saturated rings. The average molecular weight is 810 g/mol. The Kier molecular flexibility index (Phi) is 6.93. The standard InChI is InChI=1S/C42H29BN5.Pt/c1-28-24-29(2)48(44-28)32-21-23-36-34-15-7-9-17-38(34)43-37-16-8-6-14-33(37)35-22-20-31(25-41(35)47(43)42(36)26-32)46-27-45(30-12-4-3-5-13-30)39-18-10-11-19-40(39)46;/h3-24,27H,1-2H3;/q-3;. The molecule has 6 aromatic carbocycles. The van der Waals surface area contributed by atoms with Crippen molar-refractivity contribution in [2.24, 2.45) is 0 Å². The molecule has 3 aliphatic heterocycles. The van der Waals surface area contributed by atoms with E-state index in [9.17, 15) is 0 Å². The maximum atomic E-state index is 4.82. The summed E-state index contributed by atoms with van der Waals surface area (Å²) < 4.78 is 2.00. The van der Waals surface area contributed by atoms with Crippen molar-refractivity contribution in [1.29, 1.82) is 0 Å². The van der Waals surface area contributed by atoms with Gasteiger partial charge in [-0.15, -0.1) is 47.7 Å². The van der Waals surface area contributed by atoms with Gasteiger partial charge in [-0.3, -0.25) is 4.68 Å². The van der Waals surface area contributed by atoms with Gasteiger partial charge in [-0.2, -0.15) is 17.2 Å². The fraction of sp³-hybridized carbons (Fsp3) is 0.0476. The molecule has 0 aliphatic carbocycles. The predicted octanol–water partition coefficient (Wildman–Crippen LogP) is 8.40. The summed E-state index contributed by atoms with van der Waals surface area (Å²) in [5.41, 5.74) is 16.8. The summed E-state index contributed by atoms with van der Waals surface area (Å²) in [5.74, 6) is 0. The molecule has 4 heterocycles. The third-order valence-electron chi connectivity index (χ3n) is 9.81. The Morgan fingerprint density at radius 1 is 0.571 bits per heavy atom. The number of anilines is 6. The molecule has 5 nitrogen and oxygen atoms in total. The van der Waals surface area contributed by atoms with Crippen LogP contribution in [0.2, 0.25) is 0 Å². The van der Waals surface area contributed by atoms with Crippen molar-refractivity contribution in [2.75, 3.05) is 14.6 Å². The van der Waals surface area contributed by atoms with Crippen LogP contribution in [0, 0.1) is 32.6 Å². The number of aromatic nitrogens is 2. The van der Waals surface area contributed by atoms with Gasteiger partial charge in [-0.1, -0.05) is 112 Å². The van der Waals surface area contributed by atoms with Crippen molar-refractivity contribution >= 4 is 51.9 Å². The van der Waals surface area contributed by atoms with E-state index >= 15 is 0 Å². The summed E-state index contributed by atoms with van der Waals surface area (Å²) in [7, 11) is 0. The minimum Gasteiger partial charge on any atom is -0.493 e. The van der Waals surface area contributed by atoms with Crippen molar-refractivity contribution in [1.82, 2.24) is 9.78 Å². The van der Waals surface area contributed by atoms with E-state index < -0.39 is 0 Å². The molecule has 0 atom stereocenters. The number of rotatable bonds is 3. The quantitative estimate of drug-likeness (QED) is 0.133. The van der Waals surface area contributed by atoms with Gasteiger partial charge >= 0.3 is 6.85 Å². The second kappa shape index (κ2) is 11.4. The molecule has 0 N–H and O–H groups in total. The first-order chi connectivity index (χ1) is 23.6. The van der Waals surface area contributed by atoms with Crippen LogP contribution in [0.3, 0.4) is 0 Å². The van der Waals surface area contributed by atoms with Gasteiger partial charge in [-0.25, -0.2) is 0 Å². The molecule has 0 bridgehead atoms. The van der Waals surface area contributed by atoms with Crippen LogP contribution < -0.4 is 25.5 Å². The molecule has 0 amide bonds. The second-order valence-electron chi connectivity index (χ2n) is 12.7. The van der Waals surface area contributed by atoms with Crippen LogP contribution in [0.25, 0.3) is 27.9 Å². The van der Waals surface area contributed by atoms with Gasteiger partial charge in [0.15, 0.2) is 0 Å². The number of benzene rings is 6. The zero-order valence-electron chi connectivity index (χ0n) is 26.9. The number of hydrogen-bond acceptors (Lipinski definition) is 4. The minimum absolute atomic E-state index is 0. The Labute approximate surface area is 301 Å². The molecule has 3 aliphatic rings. The van der Waals surface area contributed by atoms with Crippen LogP contribution in [0.15, 0.2) is 133 Å². The molecule has 49 heavy (non-hydrogen) atoms. The third-order valence-corrected chi connectivity index (χ3v) is 9.81. The molecule has 7 aromatic rings. The Morgan fingerprint density at radius 2 is 1.12 bits per heavy atom. The smallest absolute Gasteiger partial charge is 0.324 e. The molecule has 1 aromatic heterocycles. The molecule has 10 rings (SSSR count). The van der Waals surface area contributed by atoms with Crippen molar-refractivity contribution < 1.29 is 21.1 Å². The number of aryl methyl sites for hydroxylation is 2. The van der Waals surface area contributed by atoms with Crippen molar-refractivity contribution in [2.45, 2.75) is 13.8 Å². The topological polar surface area (TPSA) is 27.5 Å². The molecule has 0 unspecified atom stereocenters. The maximum absolute atomic E-state index is 4.82. The van der Waals surface area contributed by atoms with Crippen molar-refractivity contribution in [3.05, 3.63) is 164 Å². The van der Waals surface area contributed by atoms with E-state index in [-0.39, 0.29) is 27.9 Å². The number of hydrogen-bond donors (Lipinski definition) is 0. The van der Waals surface area contributed by atoms with Crippen LogP contribution >= 0.6 is 0 Å². The SMILES string of the molecule is Cc1cc(C)n(-c2[c-]c3c(cc2)-c2ccccc2B2c4ccccc4-c4ccc(N5[CH-]N(c6ccccc6)c6ccccc65)[c-]c4N23)n1.[Pt]. The van der Waals surface area contributed by atoms with Gasteiger partial charge in [0.05, 0.1) is 5.69 Å². The monoisotopic (exact) mass is 809 g/mol. The summed E-state index contributed by atoms with van der Waals surface area (Å²) in [4.78, 5) is 6.97. The maximum Gasteiger partial charge on any atom is 0.324 e. The van der Waals surface area contributed by atoms with E-state index in [2.05, 4.69) is 174 Å². The van der Waals surface area contributed by atoms with Crippen LogP contribution in [0.4, 0.5) is 34.1 Å². The van der Waals surface area contributed by atoms with Crippen LogP contribution in [-0.2, 0) is 21.1 Å². The Hall–Kier alpha value is -5.32. The van der Waals surface area contributed by atoms with Gasteiger partial charge in [-0.05, 0) is 49.9 Å². The number of fused-ring (bicyclic) bond motifs is 12. The van der Waals surface area contributed by atoms with Crippen LogP contribution in [0.1, 0.15) is 11.4 Å². The first-order valence-corrected chi connectivity index (χ1v) is 16.4. The largest absolute Gasteiger partial charge is 0.493 e. The van der Waals surface area contributed by atoms with Gasteiger partial charge in [0, 0.05) is 43.8 Å². The molecular formula is C42H29BN5Pt-3. The summed E-state index contributed by atoms with van der Waals surface area (Å²) in [6.07, 6.45) is 0. The normalized spacial score (nSPS) is 13.5. The average Bonchev–Trinajstić information content (AvgIpc) is 3.70. The summed E-state index contributed by atoms with van der Waals surface area (Å²) >= 11 is 0. The van der Waals surface area contributed by atoms with Crippen molar-refractivity contribution in [3.63, 3.8) is 0 Å². The molecular weight excluding hydrogens is 780 g/mol. The molecule has 7 heteroatoms. The van der Waals surface area contributed by atoms with Crippen LogP contribution in [-0.4, -0.2) is 16.6 Å². The summed E-state index contributed by atoms with van der Waals surface area (Å²) in [5, 5.41) is 4.82. The molecule has 0 radical (unpaired) electrons. The zero-order chi connectivity index (χ0) is 31.9. The summed E-state index contributed by atoms with van der Waals surface area (Å²) in [6, 6.07) is 55.5. The predicted molar refractivity (Wildman–Crippen MR) is 197 cm³/mol. The number of nitrogens with zero attached hydrogens (tertiary/aromatic N) is 5. The first-order valence-electron chi connectivity index (χ1n) is 16.4. The first kappa shape index (κ1) is 29.8. The third kappa shape index (κ3) is 4.47. The van der Waals surface area contributed by atoms with E-state index in [1.165, 1.54) is 22.1 Å². The van der Waals surface area contributed by atoms with Gasteiger partial charge < -0.3 is 14.6 Å². The Morgan fingerprint density at radius 3 is 1.76 bits per heavy atom. The van der Waals surface area contributed by atoms with E-state index in [0.29, 0.717) is 0 Å². The number of para-hydroxylation sites is 3. The fourth-order valence-corrected chi connectivity index (χ4v) is 7.77. The van der Waals surface area contributed by atoms with E-state index in [0.717, 1.165) is 62.3 Å². The Balaban J connectivity index is 0.00000325. The second-order valence-corrected chi connectivity index (χ2v) is 12.7. The van der Waals surface area contributed by atoms with E-state index in [1.54, 1.807) is 0 Å². The Bertz CT molecular complexity index is 2400. The van der Waals surface area contributed by atoms with Crippen LogP contribution in [0.5, 0.6) is 0 Å². The summed E-state index contributed by atoms with van der Waals surface area (Å²) in [6.45, 7) is 6.28. The minimum atomic E-state index is -0.0356. The molecule has 238 valence electrons. The van der Waals surface area contributed by atoms with Gasteiger partial charge in [0.2, 0.25) is 0 Å². The molecule has 0 saturated heterocycles. The van der Waals surface area contributed by atoms with Gasteiger partial charge in [0.1, 0.15) is 0 Å². The molecule has 0 saturated carbocycles. The van der Waals surface area contributed by atoms with Crippen molar-refractivity contribution in [3.8, 4) is 27.9 Å². The van der Waals surface area contributed by atoms with Gasteiger partial charge in [0.25, 0.3) is 0 Å². The zero-order valence-corrected chi connectivity index (χ0v) is 29.2. The van der Waals surface area contributed by atoms with E-state index in [4.69, 9.17) is 5.10 Å². The fourth-order valence-electron chi connectivity index (χ4n) is 7.77. The molecule has 0 spiro atoms.